The number of fused-ring (bicyclic) bond motifs is 1. The fourth-order valence-corrected chi connectivity index (χ4v) is 3.95. The van der Waals surface area contributed by atoms with Crippen molar-refractivity contribution in [1.82, 2.24) is 9.97 Å². The van der Waals surface area contributed by atoms with Gasteiger partial charge >= 0.3 is 6.18 Å². The summed E-state index contributed by atoms with van der Waals surface area (Å²) in [6.07, 6.45) is -1.61. The van der Waals surface area contributed by atoms with Crippen LogP contribution in [0.4, 0.5) is 27.1 Å². The lowest BCUT2D eigenvalue weighted by atomic mass is 10.1. The van der Waals surface area contributed by atoms with Crippen LogP contribution < -0.4 is 4.90 Å². The molecule has 0 aliphatic heterocycles. The number of pyridine rings is 1. The molecule has 0 spiro atoms. The van der Waals surface area contributed by atoms with E-state index in [0.29, 0.717) is 11.6 Å². The minimum Gasteiger partial charge on any atom is -0.279 e. The Hall–Kier alpha value is -3.40. The number of thiazole rings is 1. The SMILES string of the molecule is O=C(c1cccc(C(F)(F)F)c1)N(Cc1cccnc1)c1nc2c(F)cc(F)cc2s1. The van der Waals surface area contributed by atoms with E-state index in [1.54, 1.807) is 12.1 Å². The monoisotopic (exact) mass is 449 g/mol. The third-order valence-corrected chi connectivity index (χ3v) is 5.40. The van der Waals surface area contributed by atoms with E-state index >= 15 is 0 Å². The fraction of sp³-hybridized carbons (Fsp3) is 0.0952. The molecule has 0 aliphatic carbocycles. The van der Waals surface area contributed by atoms with Gasteiger partial charge in [0.1, 0.15) is 11.3 Å². The summed E-state index contributed by atoms with van der Waals surface area (Å²) in [6.45, 7) is -0.0765. The first-order chi connectivity index (χ1) is 14.7. The van der Waals surface area contributed by atoms with Crippen LogP contribution in [0.5, 0.6) is 0 Å². The van der Waals surface area contributed by atoms with Gasteiger partial charge in [-0.1, -0.05) is 23.5 Å². The third-order valence-electron chi connectivity index (χ3n) is 4.38. The molecule has 0 atom stereocenters. The number of nitrogens with zero attached hydrogens (tertiary/aromatic N) is 3. The zero-order valence-electron chi connectivity index (χ0n) is 15.5. The lowest BCUT2D eigenvalue weighted by Gasteiger charge is -2.20. The molecule has 0 radical (unpaired) electrons. The number of amides is 1. The van der Waals surface area contributed by atoms with Gasteiger partial charge < -0.3 is 0 Å². The topological polar surface area (TPSA) is 46.1 Å². The highest BCUT2D eigenvalue weighted by molar-refractivity contribution is 7.22. The average Bonchev–Trinajstić information content (AvgIpc) is 3.16. The van der Waals surface area contributed by atoms with Crippen LogP contribution in [0, 0.1) is 11.6 Å². The maximum absolute atomic E-state index is 14.1. The van der Waals surface area contributed by atoms with E-state index in [-0.39, 0.29) is 27.5 Å². The largest absolute Gasteiger partial charge is 0.416 e. The van der Waals surface area contributed by atoms with E-state index in [0.717, 1.165) is 40.5 Å². The van der Waals surface area contributed by atoms with Crippen molar-refractivity contribution >= 4 is 32.6 Å². The van der Waals surface area contributed by atoms with Crippen LogP contribution in [0.1, 0.15) is 21.5 Å². The van der Waals surface area contributed by atoms with E-state index < -0.39 is 29.3 Å². The number of anilines is 1. The number of hydrogen-bond donors (Lipinski definition) is 0. The smallest absolute Gasteiger partial charge is 0.279 e. The zero-order valence-corrected chi connectivity index (χ0v) is 16.3. The molecule has 0 aliphatic rings. The molecule has 0 fully saturated rings. The Morgan fingerprint density at radius 2 is 1.87 bits per heavy atom. The summed E-state index contributed by atoms with van der Waals surface area (Å²) in [7, 11) is 0. The maximum Gasteiger partial charge on any atom is 0.416 e. The van der Waals surface area contributed by atoms with Crippen molar-refractivity contribution in [2.75, 3.05) is 4.90 Å². The molecule has 2 heterocycles. The number of carbonyl (C=O) groups is 1. The lowest BCUT2D eigenvalue weighted by Crippen LogP contribution is -2.30. The van der Waals surface area contributed by atoms with E-state index in [2.05, 4.69) is 9.97 Å². The summed E-state index contributed by atoms with van der Waals surface area (Å²) in [4.78, 5) is 22.4. The van der Waals surface area contributed by atoms with Crippen molar-refractivity contribution < 1.29 is 26.7 Å². The molecule has 4 rings (SSSR count). The standard InChI is InChI=1S/C21H12F5N3OS/c22-15-8-16(23)18-17(9-15)31-20(28-18)29(11-12-3-2-6-27-10-12)19(30)13-4-1-5-14(7-13)21(24,25)26/h1-10H,11H2. The molecule has 0 saturated carbocycles. The van der Waals surface area contributed by atoms with Crippen LogP contribution in [-0.2, 0) is 12.7 Å². The molecule has 2 aromatic heterocycles. The van der Waals surface area contributed by atoms with Crippen LogP contribution in [0.2, 0.25) is 0 Å². The summed E-state index contributed by atoms with van der Waals surface area (Å²) in [5.41, 5.74) is -0.745. The Morgan fingerprint density at radius 3 is 2.58 bits per heavy atom. The lowest BCUT2D eigenvalue weighted by molar-refractivity contribution is -0.137. The highest BCUT2D eigenvalue weighted by Crippen LogP contribution is 2.34. The molecule has 1 amide bonds. The van der Waals surface area contributed by atoms with Gasteiger partial charge in [0.05, 0.1) is 16.8 Å². The number of aromatic nitrogens is 2. The summed E-state index contributed by atoms with van der Waals surface area (Å²) in [5.74, 6) is -2.47. The van der Waals surface area contributed by atoms with Crippen LogP contribution >= 0.6 is 11.3 Å². The van der Waals surface area contributed by atoms with E-state index in [9.17, 15) is 26.7 Å². The van der Waals surface area contributed by atoms with E-state index in [1.165, 1.54) is 18.5 Å². The highest BCUT2D eigenvalue weighted by atomic mass is 32.1. The number of rotatable bonds is 4. The van der Waals surface area contributed by atoms with Gasteiger partial charge in [0.15, 0.2) is 10.9 Å². The summed E-state index contributed by atoms with van der Waals surface area (Å²) in [6, 6.07) is 9.04. The maximum atomic E-state index is 14.1. The highest BCUT2D eigenvalue weighted by Gasteiger charge is 2.32. The Balaban J connectivity index is 1.80. The third kappa shape index (κ3) is 4.38. The number of carbonyl (C=O) groups excluding carboxylic acids is 1. The summed E-state index contributed by atoms with van der Waals surface area (Å²) >= 11 is 0.857. The van der Waals surface area contributed by atoms with Gasteiger partial charge in [-0.2, -0.15) is 13.2 Å². The summed E-state index contributed by atoms with van der Waals surface area (Å²) < 4.78 is 67.2. The molecule has 4 aromatic rings. The molecule has 0 N–H and O–H groups in total. The first-order valence-corrected chi connectivity index (χ1v) is 9.67. The van der Waals surface area contributed by atoms with E-state index in [1.807, 2.05) is 0 Å². The Bertz CT molecular complexity index is 1260. The molecule has 10 heteroatoms. The molecule has 0 saturated heterocycles. The average molecular weight is 449 g/mol. The minimum atomic E-state index is -4.62. The Kier molecular flexibility index (Phi) is 5.40. The quantitative estimate of drug-likeness (QED) is 0.368. The first kappa shape index (κ1) is 20.9. The van der Waals surface area contributed by atoms with Gasteiger partial charge in [0.25, 0.3) is 5.91 Å². The van der Waals surface area contributed by atoms with Gasteiger partial charge in [-0.15, -0.1) is 0 Å². The van der Waals surface area contributed by atoms with Crippen LogP contribution in [0.25, 0.3) is 10.2 Å². The molecule has 31 heavy (non-hydrogen) atoms. The molecule has 0 unspecified atom stereocenters. The second kappa shape index (κ2) is 8.03. The second-order valence-electron chi connectivity index (χ2n) is 6.56. The van der Waals surface area contributed by atoms with Crippen molar-refractivity contribution in [3.63, 3.8) is 0 Å². The molecule has 2 aromatic carbocycles. The van der Waals surface area contributed by atoms with Gasteiger partial charge in [0.2, 0.25) is 0 Å². The van der Waals surface area contributed by atoms with Crippen molar-refractivity contribution in [3.05, 3.63) is 89.2 Å². The van der Waals surface area contributed by atoms with Crippen LogP contribution in [-0.4, -0.2) is 15.9 Å². The predicted molar refractivity (Wildman–Crippen MR) is 106 cm³/mol. The molecular weight excluding hydrogens is 437 g/mol. The summed E-state index contributed by atoms with van der Waals surface area (Å²) in [5, 5.41) is 0.0192. The van der Waals surface area contributed by atoms with Crippen LogP contribution in [0.15, 0.2) is 60.9 Å². The zero-order chi connectivity index (χ0) is 22.2. The second-order valence-corrected chi connectivity index (χ2v) is 7.57. The van der Waals surface area contributed by atoms with Crippen LogP contribution in [0.3, 0.4) is 0 Å². The minimum absolute atomic E-state index is 0.0192. The number of alkyl halides is 3. The van der Waals surface area contributed by atoms with Gasteiger partial charge in [0, 0.05) is 24.0 Å². The number of benzene rings is 2. The van der Waals surface area contributed by atoms with Crippen molar-refractivity contribution in [3.8, 4) is 0 Å². The van der Waals surface area contributed by atoms with Gasteiger partial charge in [-0.25, -0.2) is 13.8 Å². The van der Waals surface area contributed by atoms with Crippen molar-refractivity contribution in [2.45, 2.75) is 12.7 Å². The van der Waals surface area contributed by atoms with E-state index in [4.69, 9.17) is 0 Å². The molecular formula is C21H12F5N3OS. The van der Waals surface area contributed by atoms with Gasteiger partial charge in [-0.3, -0.25) is 14.7 Å². The Morgan fingerprint density at radius 1 is 1.06 bits per heavy atom. The number of halogens is 5. The normalized spacial score (nSPS) is 11.6. The number of hydrogen-bond acceptors (Lipinski definition) is 4. The molecule has 4 nitrogen and oxygen atoms in total. The predicted octanol–water partition coefficient (Wildman–Crippen LogP) is 5.84. The van der Waals surface area contributed by atoms with Crippen molar-refractivity contribution in [1.29, 1.82) is 0 Å². The molecule has 0 bridgehead atoms. The van der Waals surface area contributed by atoms with Crippen molar-refractivity contribution in [2.24, 2.45) is 0 Å². The first-order valence-electron chi connectivity index (χ1n) is 8.86. The fourth-order valence-electron chi connectivity index (χ4n) is 2.95. The van der Waals surface area contributed by atoms with Gasteiger partial charge in [-0.05, 0) is 35.9 Å². The Labute approximate surface area is 176 Å². The molecule has 158 valence electrons.